The summed E-state index contributed by atoms with van der Waals surface area (Å²) in [6.07, 6.45) is 0. The van der Waals surface area contributed by atoms with Crippen LogP contribution < -0.4 is 10.1 Å². The van der Waals surface area contributed by atoms with E-state index in [4.69, 9.17) is 4.74 Å². The van der Waals surface area contributed by atoms with E-state index < -0.39 is 60.4 Å². The Labute approximate surface area is 165 Å². The van der Waals surface area contributed by atoms with Gasteiger partial charge in [-0.1, -0.05) is 0 Å². The highest BCUT2D eigenvalue weighted by Crippen LogP contribution is 2.15. The summed E-state index contributed by atoms with van der Waals surface area (Å²) in [5.74, 6) is -4.05. The van der Waals surface area contributed by atoms with Crippen molar-refractivity contribution in [3.63, 3.8) is 0 Å². The van der Waals surface area contributed by atoms with Gasteiger partial charge in [0.25, 0.3) is 10.2 Å². The van der Waals surface area contributed by atoms with Gasteiger partial charge in [0, 0.05) is 5.69 Å². The average molecular weight is 431 g/mol. The Bertz CT molecular complexity index is 808. The van der Waals surface area contributed by atoms with E-state index in [1.165, 1.54) is 24.3 Å². The molecule has 0 saturated carbocycles. The summed E-state index contributed by atoms with van der Waals surface area (Å²) in [5, 5.41) is 19.8. The van der Waals surface area contributed by atoms with E-state index in [1.54, 1.807) is 0 Å². The summed E-state index contributed by atoms with van der Waals surface area (Å²) in [6.45, 7) is -3.53. The molecule has 0 spiro atoms. The van der Waals surface area contributed by atoms with Crippen LogP contribution in [0.2, 0.25) is 0 Å². The van der Waals surface area contributed by atoms with Crippen LogP contribution in [0.25, 0.3) is 0 Å². The zero-order chi connectivity index (χ0) is 22.5. The van der Waals surface area contributed by atoms with Gasteiger partial charge in [-0.25, -0.2) is 14.4 Å². The van der Waals surface area contributed by atoms with Gasteiger partial charge >= 0.3 is 17.9 Å². The number of hydrogen-bond donors (Lipinski definition) is 1. The molecule has 0 fully saturated rings. The minimum Gasteiger partial charge on any atom is -0.452 e. The summed E-state index contributed by atoms with van der Waals surface area (Å²) >= 11 is 0. The molecule has 1 amide bonds. The molecule has 30 heavy (non-hydrogen) atoms. The first-order valence-corrected chi connectivity index (χ1v) is 7.62. The maximum Gasteiger partial charge on any atom is 0.349 e. The fourth-order valence-electron chi connectivity index (χ4n) is 1.54. The maximum atomic E-state index is 11.6. The Morgan fingerprint density at radius 1 is 0.767 bits per heavy atom. The molecule has 0 unspecified atom stereocenters. The highest BCUT2D eigenvalue weighted by Gasteiger charge is 2.13. The van der Waals surface area contributed by atoms with Crippen molar-refractivity contribution in [2.75, 3.05) is 31.7 Å². The van der Waals surface area contributed by atoms with Crippen LogP contribution >= 0.6 is 0 Å². The van der Waals surface area contributed by atoms with Crippen molar-refractivity contribution in [2.24, 2.45) is 0 Å². The van der Waals surface area contributed by atoms with Crippen molar-refractivity contribution >= 4 is 29.5 Å². The number of hydrogen-bond acceptors (Lipinski definition) is 13. The van der Waals surface area contributed by atoms with Gasteiger partial charge in [0.2, 0.25) is 5.91 Å². The molecule has 0 bridgehead atoms. The van der Waals surface area contributed by atoms with Crippen LogP contribution in [-0.2, 0) is 38.3 Å². The molecule has 0 radical (unpaired) electrons. The molecule has 1 aromatic carbocycles. The number of anilines is 1. The number of nitrogens with zero attached hydrogens (tertiary/aromatic N) is 2. The Kier molecular flexibility index (Phi) is 9.46. The third-order valence-electron chi connectivity index (χ3n) is 2.66. The largest absolute Gasteiger partial charge is 0.452 e. The molecule has 0 aliphatic carbocycles. The van der Waals surface area contributed by atoms with E-state index in [0.717, 1.165) is 0 Å². The maximum absolute atomic E-state index is 11.6. The van der Waals surface area contributed by atoms with Crippen molar-refractivity contribution in [2.45, 2.75) is 0 Å². The first-order valence-electron chi connectivity index (χ1n) is 7.62. The number of benzene rings is 1. The van der Waals surface area contributed by atoms with Crippen LogP contribution in [0, 0.1) is 20.2 Å². The van der Waals surface area contributed by atoms with E-state index in [1.807, 2.05) is 0 Å². The Hall–Kier alpha value is -4.50. The highest BCUT2D eigenvalue weighted by molar-refractivity contribution is 5.91. The Morgan fingerprint density at radius 2 is 1.27 bits per heavy atom. The predicted molar refractivity (Wildman–Crippen MR) is 88.5 cm³/mol. The lowest BCUT2D eigenvalue weighted by Crippen LogP contribution is -2.24. The number of nitrogens with one attached hydrogen (secondary N) is 1. The third kappa shape index (κ3) is 10.6. The van der Waals surface area contributed by atoms with Crippen LogP contribution in [0.15, 0.2) is 24.3 Å². The number of esters is 3. The second kappa shape index (κ2) is 12.1. The molecular formula is C14H13N3O13. The van der Waals surface area contributed by atoms with Gasteiger partial charge in [0.05, 0.1) is 0 Å². The molecular weight excluding hydrogens is 418 g/mol. The van der Waals surface area contributed by atoms with E-state index >= 15 is 0 Å². The van der Waals surface area contributed by atoms with Crippen molar-refractivity contribution in [1.82, 2.24) is 0 Å². The quantitative estimate of drug-likeness (QED) is 0.183. The lowest BCUT2D eigenvalue weighted by atomic mass is 10.3. The van der Waals surface area contributed by atoms with Gasteiger partial charge in [-0.2, -0.15) is 0 Å². The minimum absolute atomic E-state index is 0.0268. The number of carbonyl (C=O) groups is 4. The van der Waals surface area contributed by atoms with Gasteiger partial charge in [0.15, 0.2) is 26.4 Å². The molecule has 16 heteroatoms. The van der Waals surface area contributed by atoms with Gasteiger partial charge in [-0.3, -0.25) is 4.79 Å². The predicted octanol–water partition coefficient (Wildman–Crippen LogP) is -0.966. The molecule has 16 nitrogen and oxygen atoms in total. The van der Waals surface area contributed by atoms with Crippen LogP contribution in [0.1, 0.15) is 0 Å². The van der Waals surface area contributed by atoms with E-state index in [9.17, 15) is 39.4 Å². The molecule has 1 rings (SSSR count). The normalized spacial score (nSPS) is 9.60. The van der Waals surface area contributed by atoms with Crippen molar-refractivity contribution in [1.29, 1.82) is 0 Å². The van der Waals surface area contributed by atoms with Crippen molar-refractivity contribution in [3.05, 3.63) is 44.5 Å². The first-order chi connectivity index (χ1) is 14.2. The standard InChI is InChI=1S/C14H13N3O13/c18-11(5-28-16(22)23)15-9-1-3-10(4-2-9)30-14(21)7-27-12(19)6-26-13(20)8-29-17(24)25/h1-4H,5-8H2,(H,15,18). The topological polar surface area (TPSA) is 213 Å². The SMILES string of the molecule is O=C(CO[N+](=O)[O-])Nc1ccc(OC(=O)COC(=O)COC(=O)CO[N+](=O)[O-])cc1. The molecule has 0 aliphatic heterocycles. The lowest BCUT2D eigenvalue weighted by Gasteiger charge is -2.08. The molecule has 0 aromatic heterocycles. The highest BCUT2D eigenvalue weighted by atomic mass is 17.0. The number of rotatable bonds is 12. The van der Waals surface area contributed by atoms with E-state index in [2.05, 4.69) is 24.5 Å². The number of ether oxygens (including phenoxy) is 3. The van der Waals surface area contributed by atoms with Crippen LogP contribution in [-0.4, -0.2) is 60.4 Å². The van der Waals surface area contributed by atoms with Gasteiger partial charge < -0.3 is 29.2 Å². The Morgan fingerprint density at radius 3 is 1.83 bits per heavy atom. The molecule has 0 heterocycles. The minimum atomic E-state index is -1.22. The zero-order valence-electron chi connectivity index (χ0n) is 14.8. The number of amides is 1. The third-order valence-corrected chi connectivity index (χ3v) is 2.66. The zero-order valence-corrected chi connectivity index (χ0v) is 14.8. The molecule has 1 N–H and O–H groups in total. The molecule has 0 saturated heterocycles. The van der Waals surface area contributed by atoms with E-state index in [-0.39, 0.29) is 11.4 Å². The number of carbonyl (C=O) groups excluding carboxylic acids is 4. The summed E-state index contributed by atoms with van der Waals surface area (Å²) in [7, 11) is 0. The monoisotopic (exact) mass is 431 g/mol. The van der Waals surface area contributed by atoms with Crippen molar-refractivity contribution in [3.8, 4) is 5.75 Å². The van der Waals surface area contributed by atoms with Crippen LogP contribution in [0.4, 0.5) is 5.69 Å². The Balaban J connectivity index is 2.31. The average Bonchev–Trinajstić information content (AvgIpc) is 2.69. The molecule has 162 valence electrons. The van der Waals surface area contributed by atoms with Crippen LogP contribution in [0.3, 0.4) is 0 Å². The van der Waals surface area contributed by atoms with Crippen molar-refractivity contribution < 1.29 is 53.2 Å². The van der Waals surface area contributed by atoms with Crippen LogP contribution in [0.5, 0.6) is 5.75 Å². The molecule has 0 aliphatic rings. The lowest BCUT2D eigenvalue weighted by molar-refractivity contribution is -0.754. The molecule has 0 atom stereocenters. The summed E-state index contributed by atoms with van der Waals surface area (Å²) in [4.78, 5) is 72.7. The summed E-state index contributed by atoms with van der Waals surface area (Å²) < 4.78 is 13.6. The molecule has 1 aromatic rings. The fraction of sp³-hybridized carbons (Fsp3) is 0.286. The van der Waals surface area contributed by atoms with E-state index in [0.29, 0.717) is 0 Å². The van der Waals surface area contributed by atoms with Gasteiger partial charge in [0.1, 0.15) is 5.75 Å². The summed E-state index contributed by atoms with van der Waals surface area (Å²) in [6, 6.07) is 5.21. The summed E-state index contributed by atoms with van der Waals surface area (Å²) in [5.41, 5.74) is 0.237. The van der Waals surface area contributed by atoms with Gasteiger partial charge in [-0.15, -0.1) is 20.2 Å². The smallest absolute Gasteiger partial charge is 0.349 e. The second-order valence-electron chi connectivity index (χ2n) is 4.86. The first kappa shape index (κ1) is 23.5. The van der Waals surface area contributed by atoms with Gasteiger partial charge in [-0.05, 0) is 24.3 Å². The second-order valence-corrected chi connectivity index (χ2v) is 4.86. The fourth-order valence-corrected chi connectivity index (χ4v) is 1.54.